The molecule has 9 heteroatoms. The average Bonchev–Trinajstić information content (AvgIpc) is 2.68. The quantitative estimate of drug-likeness (QED) is 0.356. The summed E-state index contributed by atoms with van der Waals surface area (Å²) in [5.41, 5.74) is 0.0228. The third kappa shape index (κ3) is 14.9. The van der Waals surface area contributed by atoms with E-state index in [0.29, 0.717) is 12.3 Å². The molecule has 3 N–H and O–H groups in total. The Morgan fingerprint density at radius 1 is 1.03 bits per heavy atom. The fourth-order valence-corrected chi connectivity index (χ4v) is 5.40. The second-order valence-corrected chi connectivity index (χ2v) is 13.1. The molecule has 1 aromatic carbocycles. The second kappa shape index (κ2) is 13.8. The van der Waals surface area contributed by atoms with Crippen molar-refractivity contribution in [3.05, 3.63) is 29.8 Å². The molecule has 0 bridgehead atoms. The summed E-state index contributed by atoms with van der Waals surface area (Å²) in [4.78, 5) is 24.4. The van der Waals surface area contributed by atoms with Gasteiger partial charge in [0.15, 0.2) is 0 Å². The second-order valence-electron chi connectivity index (χ2n) is 9.91. The van der Waals surface area contributed by atoms with Crippen LogP contribution in [0, 0.1) is 0 Å². The van der Waals surface area contributed by atoms with E-state index < -0.39 is 39.2 Å². The molecule has 1 amide bonds. The topological polar surface area (TPSA) is 114 Å². The SMILES string of the molecule is CC(C)(C)OC(=O)NC[C@@H](CCCc1ccc(OC[C@H](O)CO)cc1)[AsH]C(=O)OC(C)(C)C. The van der Waals surface area contributed by atoms with Crippen molar-refractivity contribution < 1.29 is 34.0 Å². The Kier molecular flexibility index (Phi) is 12.3. The summed E-state index contributed by atoms with van der Waals surface area (Å²) in [6.45, 7) is 11.1. The molecule has 0 fully saturated rings. The first-order valence-corrected chi connectivity index (χ1v) is 13.5. The summed E-state index contributed by atoms with van der Waals surface area (Å²) < 4.78 is 16.1. The molecule has 0 aliphatic heterocycles. The molecule has 0 spiro atoms. The van der Waals surface area contributed by atoms with Crippen LogP contribution in [0.1, 0.15) is 59.9 Å². The molecule has 8 nitrogen and oxygen atoms in total. The molecule has 3 atom stereocenters. The fraction of sp³-hybridized carbons (Fsp3) is 0.667. The summed E-state index contributed by atoms with van der Waals surface area (Å²) in [5, 5.41) is 21.0. The molecule has 0 aliphatic carbocycles. The number of hydrogen-bond acceptors (Lipinski definition) is 7. The minimum absolute atomic E-state index is 0.0387. The Bertz CT molecular complexity index is 726. The standard InChI is InChI=1S/C24H40AsNO7/c1-23(2,3)32-21(29)25-18(14-26-22(30)33-24(4,5)6)9-7-8-17-10-12-20(13-11-17)31-16-19(28)15-27/h10-13,18-19,25,27-28H,7-9,14-16H2,1-6H3,(H,26,30)/t18-,19-/m1/s1. The first kappa shape index (κ1) is 29.3. The van der Waals surface area contributed by atoms with Crippen molar-refractivity contribution in [2.24, 2.45) is 0 Å². The first-order valence-electron chi connectivity index (χ1n) is 11.2. The fourth-order valence-electron chi connectivity index (χ4n) is 2.77. The number of carbonyl (C=O) groups is 2. The van der Waals surface area contributed by atoms with Crippen LogP contribution in [-0.4, -0.2) is 73.9 Å². The molecule has 0 saturated heterocycles. The van der Waals surface area contributed by atoms with Gasteiger partial charge in [-0.2, -0.15) is 0 Å². The Hall–Kier alpha value is -1.76. The number of aryl methyl sites for hydroxylation is 1. The van der Waals surface area contributed by atoms with Crippen LogP contribution in [0.2, 0.25) is 4.71 Å². The number of benzene rings is 1. The van der Waals surface area contributed by atoms with E-state index in [0.717, 1.165) is 24.8 Å². The average molecular weight is 530 g/mol. The van der Waals surface area contributed by atoms with Crippen molar-refractivity contribution in [1.82, 2.24) is 5.32 Å². The third-order valence-corrected chi connectivity index (χ3v) is 6.81. The van der Waals surface area contributed by atoms with Gasteiger partial charge in [-0.3, -0.25) is 0 Å². The molecular weight excluding hydrogens is 489 g/mol. The summed E-state index contributed by atoms with van der Waals surface area (Å²) in [5.74, 6) is 0.627. The van der Waals surface area contributed by atoms with Gasteiger partial charge in [-0.15, -0.1) is 0 Å². The van der Waals surface area contributed by atoms with Crippen LogP contribution < -0.4 is 10.1 Å². The van der Waals surface area contributed by atoms with Gasteiger partial charge in [0.2, 0.25) is 0 Å². The van der Waals surface area contributed by atoms with Crippen molar-refractivity contribution >= 4 is 26.6 Å². The van der Waals surface area contributed by atoms with E-state index in [2.05, 4.69) is 5.32 Å². The Morgan fingerprint density at radius 3 is 2.18 bits per heavy atom. The first-order chi connectivity index (χ1) is 15.3. The van der Waals surface area contributed by atoms with E-state index in [4.69, 9.17) is 19.3 Å². The maximum absolute atomic E-state index is 12.4. The van der Waals surface area contributed by atoms with E-state index in [-0.39, 0.29) is 22.7 Å². The third-order valence-electron chi connectivity index (χ3n) is 4.21. The van der Waals surface area contributed by atoms with Gasteiger partial charge >= 0.3 is 199 Å². The van der Waals surface area contributed by atoms with Gasteiger partial charge in [0.25, 0.3) is 0 Å². The van der Waals surface area contributed by atoms with Crippen LogP contribution in [0.4, 0.5) is 9.59 Å². The summed E-state index contributed by atoms with van der Waals surface area (Å²) in [6, 6.07) is 7.57. The number of carbonyl (C=O) groups excluding carboxylic acids is 2. The number of aliphatic hydroxyl groups excluding tert-OH is 2. The predicted molar refractivity (Wildman–Crippen MR) is 129 cm³/mol. The van der Waals surface area contributed by atoms with Crippen LogP contribution in [0.5, 0.6) is 5.75 Å². The number of alkyl carbamates (subject to hydrolysis) is 1. The van der Waals surface area contributed by atoms with Gasteiger partial charge in [-0.25, -0.2) is 0 Å². The normalized spacial score (nSPS) is 14.1. The van der Waals surface area contributed by atoms with Crippen molar-refractivity contribution in [2.45, 2.75) is 82.8 Å². The zero-order valence-corrected chi connectivity index (χ0v) is 22.7. The van der Waals surface area contributed by atoms with Crippen molar-refractivity contribution in [3.8, 4) is 5.75 Å². The van der Waals surface area contributed by atoms with E-state index in [1.807, 2.05) is 65.8 Å². The van der Waals surface area contributed by atoms with Gasteiger partial charge in [0.05, 0.1) is 0 Å². The number of amides is 1. The maximum atomic E-state index is 12.4. The van der Waals surface area contributed by atoms with Gasteiger partial charge < -0.3 is 5.11 Å². The molecule has 1 aromatic rings. The molecular formula is C24H40AsNO7. The zero-order valence-electron chi connectivity index (χ0n) is 20.6. The monoisotopic (exact) mass is 529 g/mol. The van der Waals surface area contributed by atoms with Crippen molar-refractivity contribution in [3.63, 3.8) is 0 Å². The summed E-state index contributed by atoms with van der Waals surface area (Å²) >= 11 is -1.09. The van der Waals surface area contributed by atoms with Crippen LogP contribution in [-0.2, 0) is 15.9 Å². The molecule has 0 aliphatic rings. The predicted octanol–water partition coefficient (Wildman–Crippen LogP) is 3.43. The molecule has 33 heavy (non-hydrogen) atoms. The Balaban J connectivity index is 2.59. The molecule has 0 radical (unpaired) electrons. The number of nitrogens with one attached hydrogen (secondary N) is 1. The number of rotatable bonds is 12. The van der Waals surface area contributed by atoms with Crippen LogP contribution in [0.3, 0.4) is 0 Å². The van der Waals surface area contributed by atoms with E-state index in [1.54, 1.807) is 0 Å². The molecule has 1 rings (SSSR count). The number of ether oxygens (including phenoxy) is 3. The van der Waals surface area contributed by atoms with Crippen LogP contribution in [0.15, 0.2) is 24.3 Å². The van der Waals surface area contributed by atoms with Gasteiger partial charge in [0, 0.05) is 0 Å². The molecule has 0 saturated carbocycles. The molecule has 0 aromatic heterocycles. The van der Waals surface area contributed by atoms with Crippen molar-refractivity contribution in [2.75, 3.05) is 19.8 Å². The van der Waals surface area contributed by atoms with Crippen LogP contribution in [0.25, 0.3) is 0 Å². The van der Waals surface area contributed by atoms with E-state index in [9.17, 15) is 14.7 Å². The van der Waals surface area contributed by atoms with Gasteiger partial charge in [-0.05, 0) is 0 Å². The summed E-state index contributed by atoms with van der Waals surface area (Å²) in [7, 11) is 0. The molecule has 0 heterocycles. The van der Waals surface area contributed by atoms with Gasteiger partial charge in [0.1, 0.15) is 0 Å². The van der Waals surface area contributed by atoms with E-state index >= 15 is 0 Å². The number of hydrogen-bond donors (Lipinski definition) is 3. The minimum atomic E-state index is -1.09. The summed E-state index contributed by atoms with van der Waals surface area (Å²) in [6.07, 6.45) is 1.09. The van der Waals surface area contributed by atoms with E-state index in [1.165, 1.54) is 0 Å². The Morgan fingerprint density at radius 2 is 1.64 bits per heavy atom. The van der Waals surface area contributed by atoms with Gasteiger partial charge in [-0.1, -0.05) is 0 Å². The molecule has 188 valence electrons. The Labute approximate surface area is 204 Å². The zero-order chi connectivity index (χ0) is 25.1. The molecule has 1 unspecified atom stereocenters. The van der Waals surface area contributed by atoms with Crippen molar-refractivity contribution in [1.29, 1.82) is 0 Å². The number of aliphatic hydroxyl groups is 2. The van der Waals surface area contributed by atoms with Crippen LogP contribution >= 0.6 is 0 Å².